The van der Waals surface area contributed by atoms with Gasteiger partial charge < -0.3 is 5.11 Å². The predicted molar refractivity (Wildman–Crippen MR) is 93.8 cm³/mol. The van der Waals surface area contributed by atoms with Crippen LogP contribution < -0.4 is 5.30 Å². The Morgan fingerprint density at radius 2 is 1.81 bits per heavy atom. The first-order valence-electron chi connectivity index (χ1n) is 7.04. The molecule has 1 unspecified atom stereocenters. The van der Waals surface area contributed by atoms with Crippen molar-refractivity contribution in [1.82, 2.24) is 0 Å². The van der Waals surface area contributed by atoms with Crippen LogP contribution in [0.4, 0.5) is 0 Å². The van der Waals surface area contributed by atoms with E-state index in [4.69, 9.17) is 0 Å². The summed E-state index contributed by atoms with van der Waals surface area (Å²) >= 11 is 0. The van der Waals surface area contributed by atoms with Gasteiger partial charge >= 0.3 is 0 Å². The highest BCUT2D eigenvalue weighted by molar-refractivity contribution is 7.48. The summed E-state index contributed by atoms with van der Waals surface area (Å²) in [4.78, 5) is 4.13. The van der Waals surface area contributed by atoms with Gasteiger partial charge in [0.25, 0.3) is 0 Å². The Morgan fingerprint density at radius 1 is 1.10 bits per heavy atom. The number of nitrogens with zero attached hydrogens (tertiary/aromatic N) is 1. The fraction of sp³-hybridized carbons (Fsp3) is 0.278. The fourth-order valence-corrected chi connectivity index (χ4v) is 3.91. The first-order chi connectivity index (χ1) is 9.95. The molecule has 0 radical (unpaired) electrons. The number of para-hydroxylation sites is 1. The normalized spacial score (nSPS) is 12.6. The Balaban J connectivity index is 2.40. The number of rotatable bonds is 4. The van der Waals surface area contributed by atoms with Crippen LogP contribution in [-0.4, -0.2) is 18.4 Å². The average Bonchev–Trinajstić information content (AvgIpc) is 2.44. The Labute approximate surface area is 128 Å². The van der Waals surface area contributed by atoms with Crippen molar-refractivity contribution in [1.29, 1.82) is 0 Å². The second kappa shape index (κ2) is 6.41. The quantitative estimate of drug-likeness (QED) is 0.672. The van der Waals surface area contributed by atoms with Gasteiger partial charge in [-0.15, -0.1) is 0 Å². The van der Waals surface area contributed by atoms with Gasteiger partial charge in [0, 0.05) is 24.0 Å². The van der Waals surface area contributed by atoms with E-state index < -0.39 is 0 Å². The zero-order valence-corrected chi connectivity index (χ0v) is 14.0. The van der Waals surface area contributed by atoms with E-state index >= 15 is 0 Å². The number of benzene rings is 2. The van der Waals surface area contributed by atoms with Crippen LogP contribution in [-0.2, 0) is 5.16 Å². The number of aromatic hydroxyl groups is 1. The summed E-state index contributed by atoms with van der Waals surface area (Å²) in [6.07, 6.45) is 1.90. The lowest BCUT2D eigenvalue weighted by Gasteiger charge is -2.27. The first-order valence-corrected chi connectivity index (χ1v) is 8.04. The third kappa shape index (κ3) is 3.51. The highest BCUT2D eigenvalue weighted by Crippen LogP contribution is 2.45. The van der Waals surface area contributed by atoms with Gasteiger partial charge in [0.1, 0.15) is 5.75 Å². The first kappa shape index (κ1) is 15.7. The number of phenolic OH excluding ortho intramolecular Hbond substituents is 1. The second-order valence-corrected chi connectivity index (χ2v) is 7.73. The van der Waals surface area contributed by atoms with Gasteiger partial charge in [-0.1, -0.05) is 64.9 Å². The molecular formula is C18H22NOP. The van der Waals surface area contributed by atoms with Crippen LogP contribution in [0.5, 0.6) is 5.75 Å². The molecule has 110 valence electrons. The SMILES string of the molecule is C/N=C/c1ccccc1PC(C)(C)c1cccc(C)c1O. The van der Waals surface area contributed by atoms with E-state index in [0.717, 1.165) is 16.7 Å². The van der Waals surface area contributed by atoms with E-state index in [1.807, 2.05) is 37.4 Å². The molecule has 21 heavy (non-hydrogen) atoms. The minimum atomic E-state index is -0.117. The van der Waals surface area contributed by atoms with Crippen LogP contribution in [0.1, 0.15) is 30.5 Å². The van der Waals surface area contributed by atoms with E-state index in [2.05, 4.69) is 37.0 Å². The van der Waals surface area contributed by atoms with E-state index in [1.54, 1.807) is 7.05 Å². The van der Waals surface area contributed by atoms with Crippen LogP contribution >= 0.6 is 8.58 Å². The third-order valence-electron chi connectivity index (χ3n) is 3.59. The van der Waals surface area contributed by atoms with Crippen LogP contribution in [0.25, 0.3) is 0 Å². The zero-order chi connectivity index (χ0) is 15.5. The topological polar surface area (TPSA) is 32.6 Å². The van der Waals surface area contributed by atoms with E-state index in [1.165, 1.54) is 5.30 Å². The molecule has 0 heterocycles. The Bertz CT molecular complexity index is 662. The Hall–Kier alpha value is -1.66. The Morgan fingerprint density at radius 3 is 2.52 bits per heavy atom. The number of aryl methyl sites for hydroxylation is 1. The summed E-state index contributed by atoms with van der Waals surface area (Å²) in [7, 11) is 2.35. The monoisotopic (exact) mass is 299 g/mol. The molecule has 2 aromatic carbocycles. The van der Waals surface area contributed by atoms with Crippen LogP contribution in [0.15, 0.2) is 47.5 Å². The summed E-state index contributed by atoms with van der Waals surface area (Å²) in [5.74, 6) is 0.414. The highest BCUT2D eigenvalue weighted by atomic mass is 31.1. The smallest absolute Gasteiger partial charge is 0.122 e. The van der Waals surface area contributed by atoms with Crippen molar-refractivity contribution in [3.63, 3.8) is 0 Å². The molecule has 2 nitrogen and oxygen atoms in total. The molecule has 2 aromatic rings. The minimum absolute atomic E-state index is 0.117. The average molecular weight is 299 g/mol. The molecule has 0 aliphatic heterocycles. The molecule has 0 aliphatic carbocycles. The second-order valence-electron chi connectivity index (χ2n) is 5.70. The largest absolute Gasteiger partial charge is 0.507 e. The summed E-state index contributed by atoms with van der Waals surface area (Å²) < 4.78 is 0. The minimum Gasteiger partial charge on any atom is -0.507 e. The van der Waals surface area contributed by atoms with E-state index in [9.17, 15) is 5.11 Å². The third-order valence-corrected chi connectivity index (χ3v) is 5.21. The summed E-state index contributed by atoms with van der Waals surface area (Å²) in [6.45, 7) is 6.30. The van der Waals surface area contributed by atoms with Gasteiger partial charge in [0.15, 0.2) is 0 Å². The Kier molecular flexibility index (Phi) is 4.80. The molecule has 2 rings (SSSR count). The van der Waals surface area contributed by atoms with E-state index in [0.29, 0.717) is 14.3 Å². The van der Waals surface area contributed by atoms with Crippen molar-refractivity contribution >= 4 is 20.1 Å². The van der Waals surface area contributed by atoms with Crippen molar-refractivity contribution in [2.75, 3.05) is 7.05 Å². The molecular weight excluding hydrogens is 277 g/mol. The molecule has 0 aliphatic rings. The number of aliphatic imine (C=N–C) groups is 1. The lowest BCUT2D eigenvalue weighted by atomic mass is 9.99. The lowest BCUT2D eigenvalue weighted by Crippen LogP contribution is -2.17. The highest BCUT2D eigenvalue weighted by Gasteiger charge is 2.25. The molecule has 1 N–H and O–H groups in total. The van der Waals surface area contributed by atoms with Gasteiger partial charge in [-0.2, -0.15) is 0 Å². The van der Waals surface area contributed by atoms with Gasteiger partial charge in [0.2, 0.25) is 0 Å². The molecule has 0 saturated carbocycles. The summed E-state index contributed by atoms with van der Waals surface area (Å²) in [6, 6.07) is 14.3. The van der Waals surface area contributed by atoms with Crippen molar-refractivity contribution in [2.24, 2.45) is 4.99 Å². The fourth-order valence-electron chi connectivity index (χ4n) is 2.43. The number of hydrogen-bond donors (Lipinski definition) is 1. The van der Waals surface area contributed by atoms with Crippen LogP contribution in [0, 0.1) is 6.92 Å². The summed E-state index contributed by atoms with van der Waals surface area (Å²) in [5.41, 5.74) is 3.08. The molecule has 0 saturated heterocycles. The van der Waals surface area contributed by atoms with Crippen molar-refractivity contribution < 1.29 is 5.11 Å². The van der Waals surface area contributed by atoms with Crippen LogP contribution in [0.3, 0.4) is 0 Å². The van der Waals surface area contributed by atoms with Crippen molar-refractivity contribution in [3.05, 3.63) is 59.2 Å². The molecule has 0 amide bonds. The lowest BCUT2D eigenvalue weighted by molar-refractivity contribution is 0.457. The molecule has 0 spiro atoms. The van der Waals surface area contributed by atoms with Gasteiger partial charge in [-0.05, 0) is 23.4 Å². The molecule has 0 aromatic heterocycles. The van der Waals surface area contributed by atoms with Crippen molar-refractivity contribution in [2.45, 2.75) is 25.9 Å². The predicted octanol–water partition coefficient (Wildman–Crippen LogP) is 3.99. The maximum Gasteiger partial charge on any atom is 0.122 e. The molecule has 3 heteroatoms. The zero-order valence-electron chi connectivity index (χ0n) is 13.0. The maximum absolute atomic E-state index is 10.4. The molecule has 0 fully saturated rings. The standard InChI is InChI=1S/C18H22NOP/c1-13-8-7-10-15(17(13)20)18(2,3)21-16-11-6-5-9-14(16)12-19-4/h5-12,20-21H,1-4H3/b19-12+. The van der Waals surface area contributed by atoms with Gasteiger partial charge in [-0.25, -0.2) is 0 Å². The summed E-state index contributed by atoms with van der Waals surface area (Å²) in [5, 5.41) is 11.5. The maximum atomic E-state index is 10.4. The molecule has 1 atom stereocenters. The van der Waals surface area contributed by atoms with Gasteiger partial charge in [0.05, 0.1) is 0 Å². The van der Waals surface area contributed by atoms with E-state index in [-0.39, 0.29) is 5.16 Å². The number of hydrogen-bond acceptors (Lipinski definition) is 2. The molecule has 0 bridgehead atoms. The van der Waals surface area contributed by atoms with Gasteiger partial charge in [-0.3, -0.25) is 4.99 Å². The number of phenols is 1. The van der Waals surface area contributed by atoms with Crippen LogP contribution in [0.2, 0.25) is 0 Å². The van der Waals surface area contributed by atoms with Crippen molar-refractivity contribution in [3.8, 4) is 5.75 Å².